The molecule has 2 fully saturated rings. The van der Waals surface area contributed by atoms with Gasteiger partial charge in [-0.05, 0) is 44.4 Å². The molecule has 1 aromatic rings. The van der Waals surface area contributed by atoms with Gasteiger partial charge in [-0.25, -0.2) is 0 Å². The first-order chi connectivity index (χ1) is 13.5. The Hall–Kier alpha value is -1.24. The first kappa shape index (κ1) is 21.5. The van der Waals surface area contributed by atoms with Crippen LogP contribution in [0, 0.1) is 0 Å². The molecule has 1 saturated carbocycles. The van der Waals surface area contributed by atoms with Crippen LogP contribution >= 0.6 is 11.8 Å². The summed E-state index contributed by atoms with van der Waals surface area (Å²) in [5.74, 6) is 1.88. The Balaban J connectivity index is 1.55. The van der Waals surface area contributed by atoms with E-state index >= 15 is 0 Å². The fourth-order valence-corrected chi connectivity index (χ4v) is 5.38. The number of rotatable bonds is 8. The molecule has 2 aliphatic rings. The molecule has 1 saturated heterocycles. The van der Waals surface area contributed by atoms with Crippen LogP contribution in [0.1, 0.15) is 45.6 Å². The van der Waals surface area contributed by atoms with Crippen LogP contribution < -0.4 is 10.6 Å². The fraction of sp³-hybridized carbons (Fsp3) is 0.682. The van der Waals surface area contributed by atoms with Gasteiger partial charge in [0.2, 0.25) is 0 Å². The maximum absolute atomic E-state index is 10.8. The largest absolute Gasteiger partial charge is 0.387 e. The summed E-state index contributed by atoms with van der Waals surface area (Å²) in [6.07, 6.45) is 3.07. The molecule has 0 amide bonds. The van der Waals surface area contributed by atoms with Crippen molar-refractivity contribution in [2.24, 2.45) is 4.99 Å². The van der Waals surface area contributed by atoms with Gasteiger partial charge in [-0.1, -0.05) is 37.3 Å². The smallest absolute Gasteiger partial charge is 0.191 e. The van der Waals surface area contributed by atoms with E-state index in [-0.39, 0.29) is 0 Å². The van der Waals surface area contributed by atoms with Crippen molar-refractivity contribution in [1.29, 1.82) is 0 Å². The number of aliphatic hydroxyl groups is 1. The molecule has 1 heterocycles. The van der Waals surface area contributed by atoms with Crippen molar-refractivity contribution in [2.75, 3.05) is 25.4 Å². The minimum atomic E-state index is -0.634. The molecule has 1 aromatic carbocycles. The third-order valence-electron chi connectivity index (χ3n) is 5.94. The molecule has 5 nitrogen and oxygen atoms in total. The van der Waals surface area contributed by atoms with Crippen LogP contribution in [0.4, 0.5) is 0 Å². The predicted molar refractivity (Wildman–Crippen MR) is 120 cm³/mol. The molecule has 0 aromatic heterocycles. The maximum Gasteiger partial charge on any atom is 0.191 e. The van der Waals surface area contributed by atoms with Gasteiger partial charge in [0.1, 0.15) is 0 Å². The Morgan fingerprint density at radius 3 is 2.75 bits per heavy atom. The summed E-state index contributed by atoms with van der Waals surface area (Å²) >= 11 is 1.86. The normalized spacial score (nSPS) is 30.9. The van der Waals surface area contributed by atoms with Gasteiger partial charge in [0.25, 0.3) is 0 Å². The van der Waals surface area contributed by atoms with Crippen LogP contribution in [-0.2, 0) is 6.54 Å². The zero-order valence-electron chi connectivity index (χ0n) is 17.5. The summed E-state index contributed by atoms with van der Waals surface area (Å²) in [7, 11) is 0. The summed E-state index contributed by atoms with van der Waals surface area (Å²) in [6, 6.07) is 11.6. The van der Waals surface area contributed by atoms with Crippen molar-refractivity contribution < 1.29 is 5.11 Å². The lowest BCUT2D eigenvalue weighted by Crippen LogP contribution is -2.53. The van der Waals surface area contributed by atoms with E-state index < -0.39 is 5.60 Å². The summed E-state index contributed by atoms with van der Waals surface area (Å²) in [5, 5.41) is 18.1. The summed E-state index contributed by atoms with van der Waals surface area (Å²) in [5.41, 5.74) is 0.730. The number of guanidine groups is 1. The van der Waals surface area contributed by atoms with E-state index in [9.17, 15) is 5.11 Å². The first-order valence-electron chi connectivity index (χ1n) is 10.7. The van der Waals surface area contributed by atoms with Gasteiger partial charge in [0.15, 0.2) is 5.96 Å². The van der Waals surface area contributed by atoms with Crippen LogP contribution in [0.25, 0.3) is 0 Å². The van der Waals surface area contributed by atoms with Gasteiger partial charge in [-0.2, -0.15) is 11.8 Å². The second kappa shape index (κ2) is 9.99. The number of nitrogens with zero attached hydrogens (tertiary/aromatic N) is 2. The minimum absolute atomic E-state index is 0.331. The van der Waals surface area contributed by atoms with Gasteiger partial charge in [-0.3, -0.25) is 9.89 Å². The maximum atomic E-state index is 10.8. The van der Waals surface area contributed by atoms with Crippen LogP contribution in [0.15, 0.2) is 35.3 Å². The van der Waals surface area contributed by atoms with E-state index in [0.29, 0.717) is 23.9 Å². The number of benzene rings is 1. The average molecular weight is 405 g/mol. The van der Waals surface area contributed by atoms with E-state index in [1.165, 1.54) is 5.56 Å². The highest BCUT2D eigenvalue weighted by atomic mass is 32.2. The van der Waals surface area contributed by atoms with E-state index in [2.05, 4.69) is 66.6 Å². The third kappa shape index (κ3) is 5.43. The molecule has 0 radical (unpaired) electrons. The Bertz CT molecular complexity index is 641. The van der Waals surface area contributed by atoms with Crippen molar-refractivity contribution in [3.05, 3.63) is 35.9 Å². The van der Waals surface area contributed by atoms with Crippen LogP contribution in [0.2, 0.25) is 0 Å². The molecule has 1 aliphatic carbocycles. The fourth-order valence-electron chi connectivity index (χ4n) is 4.19. The summed E-state index contributed by atoms with van der Waals surface area (Å²) in [4.78, 5) is 7.28. The first-order valence-corrected chi connectivity index (χ1v) is 11.8. The van der Waals surface area contributed by atoms with Crippen molar-refractivity contribution >= 4 is 17.7 Å². The van der Waals surface area contributed by atoms with Gasteiger partial charge < -0.3 is 15.7 Å². The lowest BCUT2D eigenvalue weighted by molar-refractivity contribution is -0.0154. The minimum Gasteiger partial charge on any atom is -0.387 e. The molecule has 6 heteroatoms. The molecule has 0 bridgehead atoms. The zero-order valence-corrected chi connectivity index (χ0v) is 18.3. The highest BCUT2D eigenvalue weighted by molar-refractivity contribution is 8.00. The second-order valence-electron chi connectivity index (χ2n) is 8.12. The summed E-state index contributed by atoms with van der Waals surface area (Å²) < 4.78 is 0. The van der Waals surface area contributed by atoms with Gasteiger partial charge >= 0.3 is 0 Å². The van der Waals surface area contributed by atoms with Crippen LogP contribution in [-0.4, -0.2) is 64.3 Å². The third-order valence-corrected chi connectivity index (χ3v) is 7.35. The van der Waals surface area contributed by atoms with Gasteiger partial charge in [0, 0.05) is 37.0 Å². The Kier molecular flexibility index (Phi) is 7.66. The molecule has 3 rings (SSSR count). The van der Waals surface area contributed by atoms with E-state index in [0.717, 1.165) is 50.6 Å². The molecule has 4 atom stereocenters. The molecule has 0 spiro atoms. The highest BCUT2D eigenvalue weighted by Gasteiger charge is 2.45. The van der Waals surface area contributed by atoms with Crippen molar-refractivity contribution in [3.8, 4) is 0 Å². The number of nitrogens with one attached hydrogen (secondary N) is 2. The lowest BCUT2D eigenvalue weighted by atomic mass is 9.79. The topological polar surface area (TPSA) is 59.9 Å². The molecular formula is C22H36N4OS. The Morgan fingerprint density at radius 2 is 2.11 bits per heavy atom. The van der Waals surface area contributed by atoms with Gasteiger partial charge in [0.05, 0.1) is 12.1 Å². The Labute approximate surface area is 174 Å². The molecule has 4 unspecified atom stereocenters. The Morgan fingerprint density at radius 1 is 1.32 bits per heavy atom. The quantitative estimate of drug-likeness (QED) is 0.459. The van der Waals surface area contributed by atoms with Gasteiger partial charge in [-0.15, -0.1) is 0 Å². The predicted octanol–water partition coefficient (Wildman–Crippen LogP) is 2.85. The van der Waals surface area contributed by atoms with Crippen LogP contribution in [0.3, 0.4) is 0 Å². The van der Waals surface area contributed by atoms with Crippen LogP contribution in [0.5, 0.6) is 0 Å². The SMILES string of the molecule is CCNC(=NCC1(O)CCC1SCC)NC1CC(C)N(Cc2ccccc2)C1. The number of likely N-dealkylation sites (tertiary alicyclic amines) is 1. The summed E-state index contributed by atoms with van der Waals surface area (Å²) in [6.45, 7) is 9.86. The number of hydrogen-bond acceptors (Lipinski definition) is 4. The monoisotopic (exact) mass is 404 g/mol. The number of aliphatic imine (C=N–C) groups is 1. The highest BCUT2D eigenvalue weighted by Crippen LogP contribution is 2.41. The van der Waals surface area contributed by atoms with E-state index in [1.807, 2.05) is 11.8 Å². The average Bonchev–Trinajstić information content (AvgIpc) is 3.03. The molecule has 1 aliphatic heterocycles. The second-order valence-corrected chi connectivity index (χ2v) is 9.60. The van der Waals surface area contributed by atoms with E-state index in [1.54, 1.807) is 0 Å². The number of hydrogen-bond donors (Lipinski definition) is 3. The lowest BCUT2D eigenvalue weighted by Gasteiger charge is -2.44. The molecular weight excluding hydrogens is 368 g/mol. The van der Waals surface area contributed by atoms with E-state index in [4.69, 9.17) is 4.99 Å². The molecule has 156 valence electrons. The molecule has 28 heavy (non-hydrogen) atoms. The van der Waals surface area contributed by atoms with Crippen molar-refractivity contribution in [1.82, 2.24) is 15.5 Å². The number of thioether (sulfide) groups is 1. The molecule has 3 N–H and O–H groups in total. The van der Waals surface area contributed by atoms with Crippen molar-refractivity contribution in [2.45, 2.75) is 69.5 Å². The standard InChI is InChI=1S/C22H36N4OS/c1-4-23-21(24-16-22(27)12-11-20(22)28-5-2)25-19-13-17(3)26(15-19)14-18-9-7-6-8-10-18/h6-10,17,19-20,27H,4-5,11-16H2,1-3H3,(H2,23,24,25). The zero-order chi connectivity index (χ0) is 20.0. The van der Waals surface area contributed by atoms with Crippen molar-refractivity contribution in [3.63, 3.8) is 0 Å².